The van der Waals surface area contributed by atoms with Crippen LogP contribution in [0.5, 0.6) is 0 Å². The van der Waals surface area contributed by atoms with Crippen molar-refractivity contribution >= 4 is 21.7 Å². The molecule has 0 aromatic heterocycles. The molecule has 0 aliphatic rings. The van der Waals surface area contributed by atoms with Crippen molar-refractivity contribution < 1.29 is 18.3 Å². The minimum absolute atomic E-state index is 0.0519. The lowest BCUT2D eigenvalue weighted by atomic mass is 10.1. The molecule has 0 bridgehead atoms. The molecule has 0 saturated heterocycles. The number of aromatic carboxylic acids is 1. The largest absolute Gasteiger partial charge is 0.478 e. The average molecular weight is 376 g/mol. The molecule has 0 spiro atoms. The number of carbonyl (C=O) groups is 1. The number of nitrogens with one attached hydrogen (secondary N) is 2. The first-order valence-electron chi connectivity index (χ1n) is 8.53. The summed E-state index contributed by atoms with van der Waals surface area (Å²) in [5, 5.41) is 12.6. The van der Waals surface area contributed by atoms with Crippen molar-refractivity contribution in [3.8, 4) is 0 Å². The molecule has 26 heavy (non-hydrogen) atoms. The Labute approximate surface area is 154 Å². The van der Waals surface area contributed by atoms with Crippen molar-refractivity contribution in [2.24, 2.45) is 0 Å². The zero-order chi connectivity index (χ0) is 19.2. The summed E-state index contributed by atoms with van der Waals surface area (Å²) < 4.78 is 27.1. The summed E-state index contributed by atoms with van der Waals surface area (Å²) in [6.45, 7) is 4.20. The minimum Gasteiger partial charge on any atom is -0.478 e. The first-order chi connectivity index (χ1) is 12.3. The molecule has 0 aliphatic heterocycles. The quantitative estimate of drug-likeness (QED) is 0.581. The number of hydrogen-bond acceptors (Lipinski definition) is 4. The highest BCUT2D eigenvalue weighted by Gasteiger charge is 2.19. The van der Waals surface area contributed by atoms with Crippen LogP contribution in [0, 0.1) is 0 Å². The summed E-state index contributed by atoms with van der Waals surface area (Å²) >= 11 is 0. The number of carboxylic acid groups (broad SMARTS) is 1. The van der Waals surface area contributed by atoms with Crippen molar-refractivity contribution in [2.45, 2.75) is 37.6 Å². The smallest absolute Gasteiger partial charge is 0.337 e. The lowest BCUT2D eigenvalue weighted by molar-refractivity contribution is 0.0697. The van der Waals surface area contributed by atoms with Gasteiger partial charge in [0.05, 0.1) is 10.5 Å². The van der Waals surface area contributed by atoms with E-state index in [4.69, 9.17) is 0 Å². The lowest BCUT2D eigenvalue weighted by Crippen LogP contribution is -2.25. The van der Waals surface area contributed by atoms with Gasteiger partial charge in [0, 0.05) is 18.3 Å². The number of rotatable bonds is 9. The van der Waals surface area contributed by atoms with Crippen LogP contribution >= 0.6 is 0 Å². The van der Waals surface area contributed by atoms with E-state index in [0.29, 0.717) is 12.2 Å². The molecule has 1 unspecified atom stereocenters. The van der Waals surface area contributed by atoms with Gasteiger partial charge >= 0.3 is 5.97 Å². The molecular weight excluding hydrogens is 352 g/mol. The number of hydrogen-bond donors (Lipinski definition) is 3. The SMILES string of the molecule is CCCCNS(=O)(=O)c1ccc(NC(C)c2ccccc2)c(C(=O)O)c1. The predicted molar refractivity (Wildman–Crippen MR) is 102 cm³/mol. The number of benzene rings is 2. The number of anilines is 1. The summed E-state index contributed by atoms with van der Waals surface area (Å²) in [4.78, 5) is 11.6. The topological polar surface area (TPSA) is 95.5 Å². The van der Waals surface area contributed by atoms with E-state index in [1.165, 1.54) is 18.2 Å². The van der Waals surface area contributed by atoms with Gasteiger partial charge in [0.25, 0.3) is 0 Å². The van der Waals surface area contributed by atoms with Crippen LogP contribution < -0.4 is 10.0 Å². The molecule has 2 aromatic carbocycles. The van der Waals surface area contributed by atoms with Crippen molar-refractivity contribution in [1.82, 2.24) is 4.72 Å². The summed E-state index contributed by atoms with van der Waals surface area (Å²) in [5.41, 5.74) is 1.30. The van der Waals surface area contributed by atoms with Crippen molar-refractivity contribution in [3.05, 3.63) is 59.7 Å². The average Bonchev–Trinajstić information content (AvgIpc) is 2.62. The van der Waals surface area contributed by atoms with Gasteiger partial charge in [-0.05, 0) is 37.1 Å². The fourth-order valence-electron chi connectivity index (χ4n) is 2.52. The van der Waals surface area contributed by atoms with Crippen LogP contribution in [-0.2, 0) is 10.0 Å². The van der Waals surface area contributed by atoms with Gasteiger partial charge in [-0.1, -0.05) is 43.7 Å². The first-order valence-corrected chi connectivity index (χ1v) is 10.0. The Morgan fingerprint density at radius 2 is 1.85 bits per heavy atom. The molecular formula is C19H24N2O4S. The van der Waals surface area contributed by atoms with E-state index in [2.05, 4.69) is 10.0 Å². The van der Waals surface area contributed by atoms with Gasteiger partial charge in [-0.3, -0.25) is 0 Å². The van der Waals surface area contributed by atoms with Crippen LogP contribution in [0.2, 0.25) is 0 Å². The lowest BCUT2D eigenvalue weighted by Gasteiger charge is -2.18. The van der Waals surface area contributed by atoms with Crippen LogP contribution in [0.3, 0.4) is 0 Å². The van der Waals surface area contributed by atoms with Crippen molar-refractivity contribution in [2.75, 3.05) is 11.9 Å². The molecule has 0 fully saturated rings. The van der Waals surface area contributed by atoms with E-state index in [1.807, 2.05) is 44.2 Å². The van der Waals surface area contributed by atoms with Crippen molar-refractivity contribution in [1.29, 1.82) is 0 Å². The minimum atomic E-state index is -3.73. The van der Waals surface area contributed by atoms with Gasteiger partial charge in [0.2, 0.25) is 10.0 Å². The van der Waals surface area contributed by atoms with Crippen LogP contribution in [0.1, 0.15) is 48.7 Å². The summed E-state index contributed by atoms with van der Waals surface area (Å²) in [6.07, 6.45) is 1.59. The Morgan fingerprint density at radius 1 is 1.15 bits per heavy atom. The predicted octanol–water partition coefficient (Wildman–Crippen LogP) is 3.64. The molecule has 6 nitrogen and oxygen atoms in total. The molecule has 2 rings (SSSR count). The number of carboxylic acids is 1. The Morgan fingerprint density at radius 3 is 2.46 bits per heavy atom. The molecule has 3 N–H and O–H groups in total. The van der Waals surface area contributed by atoms with E-state index in [0.717, 1.165) is 18.4 Å². The highest BCUT2D eigenvalue weighted by Crippen LogP contribution is 2.25. The van der Waals surface area contributed by atoms with E-state index in [9.17, 15) is 18.3 Å². The van der Waals surface area contributed by atoms with Crippen LogP contribution in [-0.4, -0.2) is 26.0 Å². The van der Waals surface area contributed by atoms with Gasteiger partial charge in [0.15, 0.2) is 0 Å². The van der Waals surface area contributed by atoms with Gasteiger partial charge in [-0.15, -0.1) is 0 Å². The van der Waals surface area contributed by atoms with Crippen LogP contribution in [0.15, 0.2) is 53.4 Å². The standard InChI is InChI=1S/C19H24N2O4S/c1-3-4-12-20-26(24,25)16-10-11-18(17(13-16)19(22)23)21-14(2)15-8-6-5-7-9-15/h5-11,13-14,20-21H,3-4,12H2,1-2H3,(H,22,23). The van der Waals surface area contributed by atoms with E-state index in [-0.39, 0.29) is 16.5 Å². The third-order valence-corrected chi connectivity index (χ3v) is 5.48. The second kappa shape index (κ2) is 8.82. The fourth-order valence-corrected chi connectivity index (χ4v) is 3.62. The summed E-state index contributed by atoms with van der Waals surface area (Å²) in [7, 11) is -3.73. The van der Waals surface area contributed by atoms with Crippen molar-refractivity contribution in [3.63, 3.8) is 0 Å². The normalized spacial score (nSPS) is 12.5. The van der Waals surface area contributed by atoms with Crippen LogP contribution in [0.4, 0.5) is 5.69 Å². The molecule has 1 atom stereocenters. The maximum absolute atomic E-state index is 12.3. The molecule has 0 heterocycles. The summed E-state index contributed by atoms with van der Waals surface area (Å²) in [5.74, 6) is -1.18. The number of sulfonamides is 1. The zero-order valence-electron chi connectivity index (χ0n) is 14.9. The Kier molecular flexibility index (Phi) is 6.76. The Hall–Kier alpha value is -2.38. The maximum Gasteiger partial charge on any atom is 0.337 e. The third kappa shape index (κ3) is 5.06. The fraction of sp³-hybridized carbons (Fsp3) is 0.316. The van der Waals surface area contributed by atoms with Gasteiger partial charge in [-0.25, -0.2) is 17.9 Å². The third-order valence-electron chi connectivity index (χ3n) is 4.03. The molecule has 7 heteroatoms. The first kappa shape index (κ1) is 19.9. The molecule has 0 aliphatic carbocycles. The maximum atomic E-state index is 12.3. The Balaban J connectivity index is 2.27. The van der Waals surface area contributed by atoms with Gasteiger partial charge < -0.3 is 10.4 Å². The number of unbranched alkanes of at least 4 members (excludes halogenated alkanes) is 1. The Bertz CT molecular complexity index is 851. The van der Waals surface area contributed by atoms with E-state index >= 15 is 0 Å². The summed E-state index contributed by atoms with van der Waals surface area (Å²) in [6, 6.07) is 13.6. The molecule has 2 aromatic rings. The second-order valence-electron chi connectivity index (χ2n) is 6.04. The van der Waals surface area contributed by atoms with E-state index in [1.54, 1.807) is 0 Å². The van der Waals surface area contributed by atoms with E-state index < -0.39 is 16.0 Å². The molecule has 140 valence electrons. The molecule has 0 saturated carbocycles. The van der Waals surface area contributed by atoms with Crippen LogP contribution in [0.25, 0.3) is 0 Å². The highest BCUT2D eigenvalue weighted by molar-refractivity contribution is 7.89. The monoisotopic (exact) mass is 376 g/mol. The zero-order valence-corrected chi connectivity index (χ0v) is 15.7. The molecule has 0 amide bonds. The molecule has 0 radical (unpaired) electrons. The second-order valence-corrected chi connectivity index (χ2v) is 7.81. The van der Waals surface area contributed by atoms with Gasteiger partial charge in [-0.2, -0.15) is 0 Å². The van der Waals surface area contributed by atoms with Gasteiger partial charge in [0.1, 0.15) is 0 Å². The highest BCUT2D eigenvalue weighted by atomic mass is 32.2.